The molecule has 0 saturated heterocycles. The predicted molar refractivity (Wildman–Crippen MR) is 100 cm³/mol. The largest absolute Gasteiger partial charge is 0.293 e. The lowest BCUT2D eigenvalue weighted by atomic mass is 9.87. The fourth-order valence-corrected chi connectivity index (χ4v) is 4.28. The minimum atomic E-state index is -4.06. The van der Waals surface area contributed by atoms with Gasteiger partial charge in [0.25, 0.3) is 15.7 Å². The molecule has 0 aliphatic rings. The second-order valence-electron chi connectivity index (χ2n) is 6.73. The van der Waals surface area contributed by atoms with Crippen LogP contribution in [0.3, 0.4) is 0 Å². The number of nitrogens with zero attached hydrogens (tertiary/aromatic N) is 3. The molecule has 0 atom stereocenters. The molecule has 8 nitrogen and oxygen atoms in total. The monoisotopic (exact) mass is 392 g/mol. The average Bonchev–Trinajstić information content (AvgIpc) is 3.01. The summed E-state index contributed by atoms with van der Waals surface area (Å²) < 4.78 is 35.9. The van der Waals surface area contributed by atoms with E-state index in [1.807, 2.05) is 20.8 Å². The van der Waals surface area contributed by atoms with Crippen LogP contribution in [-0.2, 0) is 15.4 Å². The fraction of sp³-hybridized carbons (Fsp3) is 0.250. The lowest BCUT2D eigenvalue weighted by Gasteiger charge is -2.19. The molecule has 26 heavy (non-hydrogen) atoms. The smallest absolute Gasteiger partial charge is 0.273 e. The topological polar surface area (TPSA) is 115 Å². The number of hydrogen-bond donors (Lipinski definition) is 1. The molecule has 1 aromatic heterocycles. The molecular formula is C16H16N4O4S2. The van der Waals surface area contributed by atoms with Gasteiger partial charge in [-0.2, -0.15) is 8.75 Å². The molecule has 3 aromatic rings. The van der Waals surface area contributed by atoms with Crippen molar-refractivity contribution < 1.29 is 13.3 Å². The van der Waals surface area contributed by atoms with Gasteiger partial charge in [0.1, 0.15) is 21.6 Å². The molecule has 0 spiro atoms. The Labute approximate surface area is 154 Å². The zero-order chi connectivity index (χ0) is 19.1. The maximum absolute atomic E-state index is 12.8. The third-order valence-corrected chi connectivity index (χ3v) is 5.78. The van der Waals surface area contributed by atoms with Gasteiger partial charge in [-0.3, -0.25) is 14.8 Å². The summed E-state index contributed by atoms with van der Waals surface area (Å²) in [6.07, 6.45) is 0. The zero-order valence-corrected chi connectivity index (χ0v) is 15.9. The first-order chi connectivity index (χ1) is 12.1. The highest BCUT2D eigenvalue weighted by molar-refractivity contribution is 7.93. The first-order valence-electron chi connectivity index (χ1n) is 7.62. The van der Waals surface area contributed by atoms with E-state index in [4.69, 9.17) is 0 Å². The van der Waals surface area contributed by atoms with Crippen LogP contribution in [0, 0.1) is 10.1 Å². The zero-order valence-electron chi connectivity index (χ0n) is 14.3. The molecule has 10 heteroatoms. The molecular weight excluding hydrogens is 376 g/mol. The van der Waals surface area contributed by atoms with E-state index in [1.165, 1.54) is 18.2 Å². The summed E-state index contributed by atoms with van der Waals surface area (Å²) in [4.78, 5) is 10.8. The Morgan fingerprint density at radius 1 is 1.15 bits per heavy atom. The number of anilines is 1. The summed E-state index contributed by atoms with van der Waals surface area (Å²) in [6, 6.07) is 9.07. The van der Waals surface area contributed by atoms with Crippen molar-refractivity contribution >= 4 is 44.2 Å². The van der Waals surface area contributed by atoms with Gasteiger partial charge in [0.05, 0.1) is 16.7 Å². The Morgan fingerprint density at radius 2 is 1.88 bits per heavy atom. The summed E-state index contributed by atoms with van der Waals surface area (Å²) in [5.41, 5.74) is 0.722. The van der Waals surface area contributed by atoms with Crippen molar-refractivity contribution in [3.05, 3.63) is 52.1 Å². The van der Waals surface area contributed by atoms with Gasteiger partial charge in [0.2, 0.25) is 0 Å². The van der Waals surface area contributed by atoms with Gasteiger partial charge in [0, 0.05) is 6.07 Å². The number of nitrogens with one attached hydrogen (secondary N) is 1. The normalized spacial score (nSPS) is 12.3. The Bertz CT molecular complexity index is 1100. The molecule has 0 bridgehead atoms. The summed E-state index contributed by atoms with van der Waals surface area (Å²) in [7, 11) is -4.06. The Hall–Kier alpha value is -2.59. The first-order valence-corrected chi connectivity index (χ1v) is 9.84. The van der Waals surface area contributed by atoms with Gasteiger partial charge < -0.3 is 0 Å². The van der Waals surface area contributed by atoms with Crippen molar-refractivity contribution in [2.45, 2.75) is 31.1 Å². The molecule has 2 aromatic carbocycles. The molecule has 0 aliphatic heterocycles. The van der Waals surface area contributed by atoms with Gasteiger partial charge >= 0.3 is 0 Å². The molecule has 136 valence electrons. The number of fused-ring (bicyclic) bond motifs is 1. The molecule has 0 fully saturated rings. The van der Waals surface area contributed by atoms with E-state index in [0.29, 0.717) is 5.52 Å². The van der Waals surface area contributed by atoms with Crippen LogP contribution in [0.25, 0.3) is 11.0 Å². The highest BCUT2D eigenvalue weighted by atomic mass is 32.2. The van der Waals surface area contributed by atoms with E-state index >= 15 is 0 Å². The highest BCUT2D eigenvalue weighted by Gasteiger charge is 2.26. The maximum atomic E-state index is 12.8. The van der Waals surface area contributed by atoms with Crippen LogP contribution >= 0.6 is 11.7 Å². The number of rotatable bonds is 4. The summed E-state index contributed by atoms with van der Waals surface area (Å²) in [6.45, 7) is 5.77. The van der Waals surface area contributed by atoms with Crippen LogP contribution in [-0.4, -0.2) is 22.1 Å². The van der Waals surface area contributed by atoms with Gasteiger partial charge in [-0.05, 0) is 29.2 Å². The Kier molecular flexibility index (Phi) is 4.41. The standard InChI is InChI=1S/C16H16N4O4S2/c1-16(2,3)10-7-8-11(13(9-10)20(21)22)19-26(23,24)14-6-4-5-12-15(14)18-25-17-12/h4-9,19H,1-3H3. The third-order valence-electron chi connectivity index (χ3n) is 3.84. The van der Waals surface area contributed by atoms with Crippen LogP contribution in [0.5, 0.6) is 0 Å². The molecule has 1 N–H and O–H groups in total. The molecule has 3 rings (SSSR count). The van der Waals surface area contributed by atoms with Crippen molar-refractivity contribution in [1.82, 2.24) is 8.75 Å². The first kappa shape index (κ1) is 18.2. The molecule has 0 amide bonds. The minimum Gasteiger partial charge on any atom is -0.273 e. The van der Waals surface area contributed by atoms with Crippen LogP contribution in [0.4, 0.5) is 11.4 Å². The van der Waals surface area contributed by atoms with Crippen LogP contribution in [0.1, 0.15) is 26.3 Å². The second kappa shape index (κ2) is 6.29. The van der Waals surface area contributed by atoms with E-state index in [0.717, 1.165) is 17.3 Å². The Balaban J connectivity index is 2.08. The van der Waals surface area contributed by atoms with Gasteiger partial charge in [-0.15, -0.1) is 0 Å². The van der Waals surface area contributed by atoms with Crippen LogP contribution < -0.4 is 4.72 Å². The van der Waals surface area contributed by atoms with E-state index in [-0.39, 0.29) is 27.2 Å². The summed E-state index contributed by atoms with van der Waals surface area (Å²) >= 11 is 0.902. The number of nitro groups is 1. The average molecular weight is 392 g/mol. The quantitative estimate of drug-likeness (QED) is 0.535. The van der Waals surface area contributed by atoms with E-state index in [2.05, 4.69) is 13.5 Å². The summed E-state index contributed by atoms with van der Waals surface area (Å²) in [5, 5.41) is 11.4. The molecule has 0 saturated carbocycles. The van der Waals surface area contributed by atoms with E-state index in [1.54, 1.807) is 18.2 Å². The minimum absolute atomic E-state index is 0.0713. The van der Waals surface area contributed by atoms with E-state index in [9.17, 15) is 18.5 Å². The van der Waals surface area contributed by atoms with Crippen LogP contribution in [0.2, 0.25) is 0 Å². The SMILES string of the molecule is CC(C)(C)c1ccc(NS(=O)(=O)c2cccc3nsnc23)c([N+](=O)[O-])c1. The van der Waals surface area contributed by atoms with Gasteiger partial charge in [0.15, 0.2) is 0 Å². The fourth-order valence-electron chi connectivity index (χ4n) is 2.43. The van der Waals surface area contributed by atoms with Crippen molar-refractivity contribution in [2.24, 2.45) is 0 Å². The third kappa shape index (κ3) is 3.37. The molecule has 0 aliphatic carbocycles. The summed E-state index contributed by atoms with van der Waals surface area (Å²) in [5.74, 6) is 0. The van der Waals surface area contributed by atoms with Crippen molar-refractivity contribution in [2.75, 3.05) is 4.72 Å². The molecule has 1 heterocycles. The lowest BCUT2D eigenvalue weighted by molar-refractivity contribution is -0.384. The maximum Gasteiger partial charge on any atom is 0.293 e. The van der Waals surface area contributed by atoms with E-state index < -0.39 is 14.9 Å². The van der Waals surface area contributed by atoms with Crippen molar-refractivity contribution in [1.29, 1.82) is 0 Å². The second-order valence-corrected chi connectivity index (χ2v) is 8.91. The number of hydrogen-bond acceptors (Lipinski definition) is 7. The number of sulfonamides is 1. The van der Waals surface area contributed by atoms with Crippen molar-refractivity contribution in [3.63, 3.8) is 0 Å². The number of benzene rings is 2. The molecule has 0 radical (unpaired) electrons. The molecule has 0 unspecified atom stereocenters. The highest BCUT2D eigenvalue weighted by Crippen LogP contribution is 2.33. The van der Waals surface area contributed by atoms with Gasteiger partial charge in [-0.1, -0.05) is 32.9 Å². The predicted octanol–water partition coefficient (Wildman–Crippen LogP) is 3.70. The Morgan fingerprint density at radius 3 is 2.54 bits per heavy atom. The number of aromatic nitrogens is 2. The van der Waals surface area contributed by atoms with Crippen molar-refractivity contribution in [3.8, 4) is 0 Å². The van der Waals surface area contributed by atoms with Crippen LogP contribution in [0.15, 0.2) is 41.3 Å². The number of nitro benzene ring substituents is 1. The van der Waals surface area contributed by atoms with Gasteiger partial charge in [-0.25, -0.2) is 8.42 Å². The lowest BCUT2D eigenvalue weighted by Crippen LogP contribution is -2.16.